The first-order valence-electron chi connectivity index (χ1n) is 10.8. The molecule has 2 amide bonds. The summed E-state index contributed by atoms with van der Waals surface area (Å²) in [4.78, 5) is 27.7. The zero-order valence-corrected chi connectivity index (χ0v) is 20.9. The van der Waals surface area contributed by atoms with E-state index in [1.165, 1.54) is 0 Å². The number of amides is 2. The van der Waals surface area contributed by atoms with Gasteiger partial charge in [-0.1, -0.05) is 62.2 Å². The Bertz CT molecular complexity index is 947. The molecule has 0 aliphatic rings. The van der Waals surface area contributed by atoms with Crippen molar-refractivity contribution in [1.29, 1.82) is 0 Å². The standard InChI is InChI=1S/C25H32Cl2N2O3/c1-6-22(25(31)28-13-16(2)3)29(14-19-10-11-20(26)21(27)12-19)24(30)15-32-23-9-7-8-17(4)18(23)5/h7-12,16,22H,6,13-15H2,1-5H3,(H,28,31). The molecule has 2 aromatic carbocycles. The highest BCUT2D eigenvalue weighted by Crippen LogP contribution is 2.25. The van der Waals surface area contributed by atoms with E-state index in [1.807, 2.05) is 52.8 Å². The lowest BCUT2D eigenvalue weighted by Gasteiger charge is -2.31. The quantitative estimate of drug-likeness (QED) is 0.485. The number of rotatable bonds is 10. The SMILES string of the molecule is CCC(C(=O)NCC(C)C)N(Cc1ccc(Cl)c(Cl)c1)C(=O)COc1cccc(C)c1C. The second-order valence-corrected chi connectivity index (χ2v) is 9.13. The first kappa shape index (κ1) is 26.0. The highest BCUT2D eigenvalue weighted by molar-refractivity contribution is 6.42. The lowest BCUT2D eigenvalue weighted by atomic mass is 10.1. The van der Waals surface area contributed by atoms with E-state index in [0.717, 1.165) is 16.7 Å². The monoisotopic (exact) mass is 478 g/mol. The highest BCUT2D eigenvalue weighted by atomic mass is 35.5. The first-order chi connectivity index (χ1) is 15.1. The number of nitrogens with zero attached hydrogens (tertiary/aromatic N) is 1. The molecule has 174 valence electrons. The molecule has 0 radical (unpaired) electrons. The minimum absolute atomic E-state index is 0.167. The number of halogens is 2. The number of aryl methyl sites for hydroxylation is 1. The molecule has 32 heavy (non-hydrogen) atoms. The maximum absolute atomic E-state index is 13.3. The Labute approximate surface area is 201 Å². The van der Waals surface area contributed by atoms with Crippen molar-refractivity contribution in [1.82, 2.24) is 10.2 Å². The van der Waals surface area contributed by atoms with Crippen LogP contribution < -0.4 is 10.1 Å². The predicted molar refractivity (Wildman–Crippen MR) is 130 cm³/mol. The molecule has 1 unspecified atom stereocenters. The molecule has 1 atom stereocenters. The van der Waals surface area contributed by atoms with E-state index in [2.05, 4.69) is 5.32 Å². The fourth-order valence-corrected chi connectivity index (χ4v) is 3.60. The number of carbonyl (C=O) groups is 2. The minimum Gasteiger partial charge on any atom is -0.483 e. The van der Waals surface area contributed by atoms with E-state index in [0.29, 0.717) is 34.7 Å². The van der Waals surface area contributed by atoms with Crippen LogP contribution in [0, 0.1) is 19.8 Å². The third-order valence-corrected chi connectivity index (χ3v) is 6.05. The summed E-state index contributed by atoms with van der Waals surface area (Å²) in [5, 5.41) is 3.79. The van der Waals surface area contributed by atoms with Crippen LogP contribution in [0.25, 0.3) is 0 Å². The van der Waals surface area contributed by atoms with Crippen LogP contribution in [0.2, 0.25) is 10.0 Å². The average molecular weight is 479 g/mol. The van der Waals surface area contributed by atoms with Crippen LogP contribution >= 0.6 is 23.2 Å². The van der Waals surface area contributed by atoms with Crippen molar-refractivity contribution in [3.8, 4) is 5.75 Å². The van der Waals surface area contributed by atoms with E-state index in [-0.39, 0.29) is 25.0 Å². The number of hydrogen-bond donors (Lipinski definition) is 1. The second-order valence-electron chi connectivity index (χ2n) is 8.32. The Balaban J connectivity index is 2.26. The van der Waals surface area contributed by atoms with E-state index < -0.39 is 6.04 Å². The van der Waals surface area contributed by atoms with Gasteiger partial charge in [0, 0.05) is 13.1 Å². The molecule has 7 heteroatoms. The molecule has 0 spiro atoms. The van der Waals surface area contributed by atoms with Gasteiger partial charge in [0.25, 0.3) is 5.91 Å². The topological polar surface area (TPSA) is 58.6 Å². The molecule has 0 saturated heterocycles. The predicted octanol–water partition coefficient (Wildman–Crippen LogP) is 5.57. The molecule has 0 aromatic heterocycles. The van der Waals surface area contributed by atoms with Crippen LogP contribution in [0.4, 0.5) is 0 Å². The summed E-state index contributed by atoms with van der Waals surface area (Å²) in [5.41, 5.74) is 2.86. The fraction of sp³-hybridized carbons (Fsp3) is 0.440. The molecule has 0 fully saturated rings. The van der Waals surface area contributed by atoms with Crippen LogP contribution in [-0.2, 0) is 16.1 Å². The fourth-order valence-electron chi connectivity index (χ4n) is 3.28. The molecule has 1 N–H and O–H groups in total. The van der Waals surface area contributed by atoms with Crippen molar-refractivity contribution in [3.63, 3.8) is 0 Å². The Morgan fingerprint density at radius 3 is 2.44 bits per heavy atom. The van der Waals surface area contributed by atoms with Gasteiger partial charge in [-0.3, -0.25) is 9.59 Å². The van der Waals surface area contributed by atoms with Gasteiger partial charge in [-0.25, -0.2) is 0 Å². The number of ether oxygens (including phenoxy) is 1. The van der Waals surface area contributed by atoms with Crippen molar-refractivity contribution in [2.24, 2.45) is 5.92 Å². The van der Waals surface area contributed by atoms with Gasteiger partial charge in [-0.05, 0) is 61.1 Å². The van der Waals surface area contributed by atoms with Gasteiger partial charge in [-0.15, -0.1) is 0 Å². The van der Waals surface area contributed by atoms with Gasteiger partial charge in [-0.2, -0.15) is 0 Å². The molecule has 2 aromatic rings. The van der Waals surface area contributed by atoms with E-state index in [1.54, 1.807) is 23.1 Å². The van der Waals surface area contributed by atoms with Crippen molar-refractivity contribution >= 4 is 35.0 Å². The van der Waals surface area contributed by atoms with Gasteiger partial charge in [0.05, 0.1) is 10.0 Å². The van der Waals surface area contributed by atoms with Crippen molar-refractivity contribution in [2.45, 2.75) is 53.6 Å². The molecule has 0 saturated carbocycles. The van der Waals surface area contributed by atoms with Crippen LogP contribution in [0.5, 0.6) is 5.75 Å². The highest BCUT2D eigenvalue weighted by Gasteiger charge is 2.29. The third-order valence-electron chi connectivity index (χ3n) is 5.31. The summed E-state index contributed by atoms with van der Waals surface area (Å²) < 4.78 is 5.84. The largest absolute Gasteiger partial charge is 0.483 e. The van der Waals surface area contributed by atoms with E-state index >= 15 is 0 Å². The van der Waals surface area contributed by atoms with E-state index in [4.69, 9.17) is 27.9 Å². The number of nitrogens with one attached hydrogen (secondary N) is 1. The molecule has 0 aliphatic heterocycles. The van der Waals surface area contributed by atoms with E-state index in [9.17, 15) is 9.59 Å². The normalized spacial score (nSPS) is 11.9. The summed E-state index contributed by atoms with van der Waals surface area (Å²) in [6.07, 6.45) is 0.473. The molecule has 0 bridgehead atoms. The summed E-state index contributed by atoms with van der Waals surface area (Å²) in [6, 6.07) is 10.3. The molecular weight excluding hydrogens is 447 g/mol. The van der Waals surface area contributed by atoms with Gasteiger partial charge in [0.1, 0.15) is 11.8 Å². The zero-order valence-electron chi connectivity index (χ0n) is 19.4. The zero-order chi connectivity index (χ0) is 23.8. The molecule has 5 nitrogen and oxygen atoms in total. The Kier molecular flexibility index (Phi) is 9.85. The van der Waals surface area contributed by atoms with Crippen molar-refractivity contribution in [3.05, 3.63) is 63.1 Å². The van der Waals surface area contributed by atoms with Crippen LogP contribution in [-0.4, -0.2) is 35.9 Å². The Hall–Kier alpha value is -2.24. The van der Waals surface area contributed by atoms with Crippen LogP contribution in [0.3, 0.4) is 0 Å². The average Bonchev–Trinajstić information content (AvgIpc) is 2.75. The van der Waals surface area contributed by atoms with Crippen LogP contribution in [0.15, 0.2) is 36.4 Å². The lowest BCUT2D eigenvalue weighted by Crippen LogP contribution is -2.50. The summed E-state index contributed by atoms with van der Waals surface area (Å²) in [6.45, 7) is 10.5. The maximum atomic E-state index is 13.3. The van der Waals surface area contributed by atoms with Gasteiger partial charge < -0.3 is 15.0 Å². The minimum atomic E-state index is -0.627. The summed E-state index contributed by atoms with van der Waals surface area (Å²) in [7, 11) is 0. The van der Waals surface area contributed by atoms with Crippen molar-refractivity contribution < 1.29 is 14.3 Å². The molecule has 2 rings (SSSR count). The first-order valence-corrected chi connectivity index (χ1v) is 11.6. The Morgan fingerprint density at radius 1 is 1.09 bits per heavy atom. The van der Waals surface area contributed by atoms with Gasteiger partial charge >= 0.3 is 0 Å². The molecular formula is C25H32Cl2N2O3. The number of hydrogen-bond acceptors (Lipinski definition) is 3. The number of benzene rings is 2. The van der Waals surface area contributed by atoms with Crippen molar-refractivity contribution in [2.75, 3.05) is 13.2 Å². The molecule has 0 aliphatic carbocycles. The number of carbonyl (C=O) groups excluding carboxylic acids is 2. The summed E-state index contributed by atoms with van der Waals surface area (Å²) >= 11 is 12.2. The summed E-state index contributed by atoms with van der Waals surface area (Å²) in [5.74, 6) is 0.512. The maximum Gasteiger partial charge on any atom is 0.261 e. The van der Waals surface area contributed by atoms with Crippen LogP contribution in [0.1, 0.15) is 43.9 Å². The lowest BCUT2D eigenvalue weighted by molar-refractivity contribution is -0.143. The Morgan fingerprint density at radius 2 is 1.81 bits per heavy atom. The smallest absolute Gasteiger partial charge is 0.261 e. The van der Waals surface area contributed by atoms with Gasteiger partial charge in [0.15, 0.2) is 6.61 Å². The second kappa shape index (κ2) is 12.1. The van der Waals surface area contributed by atoms with Gasteiger partial charge in [0.2, 0.25) is 5.91 Å². The third kappa shape index (κ3) is 7.14. The molecule has 0 heterocycles.